The second-order valence-electron chi connectivity index (χ2n) is 6.12. The van der Waals surface area contributed by atoms with Crippen LogP contribution >= 0.6 is 0 Å². The fourth-order valence-electron chi connectivity index (χ4n) is 2.80. The van der Waals surface area contributed by atoms with Gasteiger partial charge in [-0.1, -0.05) is 35.9 Å². The van der Waals surface area contributed by atoms with Gasteiger partial charge in [0.05, 0.1) is 0 Å². The minimum atomic E-state index is 0.0925. The van der Waals surface area contributed by atoms with Crippen LogP contribution in [-0.2, 0) is 17.6 Å². The Kier molecular flexibility index (Phi) is 4.94. The number of nitrogens with one attached hydrogen (secondary N) is 1. The van der Waals surface area contributed by atoms with Gasteiger partial charge in [0.15, 0.2) is 11.5 Å². The van der Waals surface area contributed by atoms with Crippen molar-refractivity contribution in [3.63, 3.8) is 0 Å². The molecule has 0 radical (unpaired) electrons. The van der Waals surface area contributed by atoms with E-state index >= 15 is 0 Å². The van der Waals surface area contributed by atoms with Crippen LogP contribution in [0.2, 0.25) is 0 Å². The number of nitrogens with zero attached hydrogens (tertiary/aromatic N) is 1. The Morgan fingerprint density at radius 2 is 1.92 bits per heavy atom. The molecule has 1 amide bonds. The molecular weight excluding hydrogens is 300 g/mol. The molecule has 1 N–H and O–H groups in total. The molecule has 1 heterocycles. The lowest BCUT2D eigenvalue weighted by molar-refractivity contribution is -0.121. The molecule has 2 aromatic carbocycles. The van der Waals surface area contributed by atoms with Crippen LogP contribution in [0.15, 0.2) is 46.9 Å². The summed E-state index contributed by atoms with van der Waals surface area (Å²) in [6, 6.07) is 14.3. The predicted octanol–water partition coefficient (Wildman–Crippen LogP) is 3.74. The molecule has 3 rings (SSSR count). The first-order chi connectivity index (χ1) is 11.6. The summed E-state index contributed by atoms with van der Waals surface area (Å²) in [5.41, 5.74) is 5.26. The van der Waals surface area contributed by atoms with Crippen molar-refractivity contribution in [1.29, 1.82) is 0 Å². The number of oxazole rings is 1. The molecule has 24 heavy (non-hydrogen) atoms. The average Bonchev–Trinajstić information content (AvgIpc) is 2.92. The van der Waals surface area contributed by atoms with Gasteiger partial charge in [-0.25, -0.2) is 4.98 Å². The standard InChI is InChI=1S/C20H22N2O2/c1-14-4-3-5-16(12-14)7-9-20(23)21-11-10-17-6-8-19-18(13-17)22-15(2)24-19/h3-6,8,12-13H,7,9-11H2,1-2H3,(H,21,23). The highest BCUT2D eigenvalue weighted by atomic mass is 16.3. The van der Waals surface area contributed by atoms with Gasteiger partial charge in [0.2, 0.25) is 5.91 Å². The number of rotatable bonds is 6. The van der Waals surface area contributed by atoms with E-state index in [0.29, 0.717) is 18.9 Å². The molecule has 0 bridgehead atoms. The van der Waals surface area contributed by atoms with Crippen molar-refractivity contribution in [2.75, 3.05) is 6.54 Å². The maximum Gasteiger partial charge on any atom is 0.220 e. The monoisotopic (exact) mass is 322 g/mol. The van der Waals surface area contributed by atoms with E-state index in [0.717, 1.165) is 29.5 Å². The van der Waals surface area contributed by atoms with Crippen LogP contribution in [-0.4, -0.2) is 17.4 Å². The number of fused-ring (bicyclic) bond motifs is 1. The lowest BCUT2D eigenvalue weighted by atomic mass is 10.1. The van der Waals surface area contributed by atoms with E-state index in [9.17, 15) is 4.79 Å². The number of carbonyl (C=O) groups is 1. The third-order valence-corrected chi connectivity index (χ3v) is 4.02. The van der Waals surface area contributed by atoms with Crippen molar-refractivity contribution in [3.05, 3.63) is 65.0 Å². The Balaban J connectivity index is 1.45. The maximum atomic E-state index is 12.0. The van der Waals surface area contributed by atoms with E-state index in [2.05, 4.69) is 35.4 Å². The van der Waals surface area contributed by atoms with E-state index in [1.165, 1.54) is 11.1 Å². The summed E-state index contributed by atoms with van der Waals surface area (Å²) < 4.78 is 5.47. The molecule has 4 heteroatoms. The minimum absolute atomic E-state index is 0.0925. The van der Waals surface area contributed by atoms with Crippen LogP contribution in [0, 0.1) is 13.8 Å². The van der Waals surface area contributed by atoms with Gasteiger partial charge in [-0.2, -0.15) is 0 Å². The lowest BCUT2D eigenvalue weighted by Gasteiger charge is -2.06. The lowest BCUT2D eigenvalue weighted by Crippen LogP contribution is -2.25. The highest BCUT2D eigenvalue weighted by Gasteiger charge is 2.05. The summed E-state index contributed by atoms with van der Waals surface area (Å²) in [5, 5.41) is 2.99. The zero-order chi connectivity index (χ0) is 16.9. The van der Waals surface area contributed by atoms with Crippen LogP contribution in [0.1, 0.15) is 29.0 Å². The number of carbonyl (C=O) groups excluding carboxylic acids is 1. The molecule has 0 aliphatic rings. The van der Waals surface area contributed by atoms with Crippen molar-refractivity contribution in [2.24, 2.45) is 0 Å². The molecule has 0 aliphatic heterocycles. The molecule has 124 valence electrons. The summed E-state index contributed by atoms with van der Waals surface area (Å²) in [6.45, 7) is 4.54. The first kappa shape index (κ1) is 16.2. The molecule has 1 aromatic heterocycles. The van der Waals surface area contributed by atoms with Gasteiger partial charge in [0.25, 0.3) is 0 Å². The van der Waals surface area contributed by atoms with E-state index in [-0.39, 0.29) is 5.91 Å². The largest absolute Gasteiger partial charge is 0.441 e. The van der Waals surface area contributed by atoms with Crippen molar-refractivity contribution >= 4 is 17.0 Å². The van der Waals surface area contributed by atoms with Crippen molar-refractivity contribution in [1.82, 2.24) is 10.3 Å². The predicted molar refractivity (Wildman–Crippen MR) is 95.0 cm³/mol. The fourth-order valence-corrected chi connectivity index (χ4v) is 2.80. The Morgan fingerprint density at radius 3 is 2.75 bits per heavy atom. The normalized spacial score (nSPS) is 10.9. The second kappa shape index (κ2) is 7.30. The van der Waals surface area contributed by atoms with Crippen LogP contribution in [0.25, 0.3) is 11.1 Å². The Labute approximate surface area is 141 Å². The van der Waals surface area contributed by atoms with Crippen molar-refractivity contribution in [2.45, 2.75) is 33.1 Å². The highest BCUT2D eigenvalue weighted by Crippen LogP contribution is 2.16. The van der Waals surface area contributed by atoms with E-state index in [1.807, 2.05) is 31.2 Å². The zero-order valence-electron chi connectivity index (χ0n) is 14.1. The van der Waals surface area contributed by atoms with Gasteiger partial charge in [0, 0.05) is 19.9 Å². The third kappa shape index (κ3) is 4.22. The first-order valence-corrected chi connectivity index (χ1v) is 8.28. The van der Waals surface area contributed by atoms with E-state index in [4.69, 9.17) is 4.42 Å². The molecule has 4 nitrogen and oxygen atoms in total. The number of aromatic nitrogens is 1. The van der Waals surface area contributed by atoms with Crippen LogP contribution in [0.5, 0.6) is 0 Å². The first-order valence-electron chi connectivity index (χ1n) is 8.28. The summed E-state index contributed by atoms with van der Waals surface area (Å²) in [4.78, 5) is 16.3. The number of benzene rings is 2. The number of amides is 1. The van der Waals surface area contributed by atoms with Gasteiger partial charge in [0.1, 0.15) is 5.52 Å². The molecule has 0 aliphatic carbocycles. The molecule has 0 atom stereocenters. The molecule has 0 saturated carbocycles. The minimum Gasteiger partial charge on any atom is -0.441 e. The Bertz CT molecular complexity index is 852. The van der Waals surface area contributed by atoms with Crippen LogP contribution < -0.4 is 5.32 Å². The van der Waals surface area contributed by atoms with Crippen molar-refractivity contribution < 1.29 is 9.21 Å². The summed E-state index contributed by atoms with van der Waals surface area (Å²) in [7, 11) is 0. The number of hydrogen-bond acceptors (Lipinski definition) is 3. The molecular formula is C20H22N2O2. The van der Waals surface area contributed by atoms with Crippen LogP contribution in [0.3, 0.4) is 0 Å². The maximum absolute atomic E-state index is 12.0. The van der Waals surface area contributed by atoms with Crippen LogP contribution in [0.4, 0.5) is 0 Å². The summed E-state index contributed by atoms with van der Waals surface area (Å²) >= 11 is 0. The zero-order valence-corrected chi connectivity index (χ0v) is 14.1. The number of hydrogen-bond donors (Lipinski definition) is 1. The van der Waals surface area contributed by atoms with Gasteiger partial charge < -0.3 is 9.73 Å². The Hall–Kier alpha value is -2.62. The topological polar surface area (TPSA) is 55.1 Å². The molecule has 0 fully saturated rings. The Morgan fingerprint density at radius 1 is 1.08 bits per heavy atom. The highest BCUT2D eigenvalue weighted by molar-refractivity contribution is 5.76. The molecule has 0 unspecified atom stereocenters. The summed E-state index contributed by atoms with van der Waals surface area (Å²) in [6.07, 6.45) is 2.08. The molecule has 0 spiro atoms. The average molecular weight is 322 g/mol. The second-order valence-corrected chi connectivity index (χ2v) is 6.12. The summed E-state index contributed by atoms with van der Waals surface area (Å²) in [5.74, 6) is 0.765. The number of aryl methyl sites for hydroxylation is 3. The van der Waals surface area contributed by atoms with Gasteiger partial charge in [-0.05, 0) is 43.0 Å². The van der Waals surface area contributed by atoms with Gasteiger partial charge in [-0.3, -0.25) is 4.79 Å². The molecule has 3 aromatic rings. The SMILES string of the molecule is Cc1cccc(CCC(=O)NCCc2ccc3oc(C)nc3c2)c1. The van der Waals surface area contributed by atoms with Gasteiger partial charge >= 0.3 is 0 Å². The smallest absolute Gasteiger partial charge is 0.220 e. The quantitative estimate of drug-likeness (QED) is 0.752. The third-order valence-electron chi connectivity index (χ3n) is 4.02. The fraction of sp³-hybridized carbons (Fsp3) is 0.300. The molecule has 0 saturated heterocycles. The van der Waals surface area contributed by atoms with E-state index < -0.39 is 0 Å². The van der Waals surface area contributed by atoms with Gasteiger partial charge in [-0.15, -0.1) is 0 Å². The van der Waals surface area contributed by atoms with Crippen molar-refractivity contribution in [3.8, 4) is 0 Å². The van der Waals surface area contributed by atoms with E-state index in [1.54, 1.807) is 0 Å².